The number of nitrogens with zero attached hydrogens (tertiary/aromatic N) is 1. The maximum absolute atomic E-state index is 11.2. The zero-order chi connectivity index (χ0) is 15.5. The standard InChI is InChI=1S/C16H26N2O2/c1-10(2)13-7-12(15(19)20)8-14(18-13)17-9-16(5,6)11(3)4/h7-8,10-11H,9H2,1-6H3,(H,17,18)(H,19,20). The zero-order valence-corrected chi connectivity index (χ0v) is 13.3. The fourth-order valence-electron chi connectivity index (χ4n) is 1.58. The first-order valence-corrected chi connectivity index (χ1v) is 7.12. The van der Waals surface area contributed by atoms with Gasteiger partial charge in [0.2, 0.25) is 0 Å². The lowest BCUT2D eigenvalue weighted by molar-refractivity contribution is 0.0696. The van der Waals surface area contributed by atoms with Crippen molar-refractivity contribution in [2.75, 3.05) is 11.9 Å². The molecule has 0 aromatic carbocycles. The van der Waals surface area contributed by atoms with Crippen molar-refractivity contribution in [2.24, 2.45) is 11.3 Å². The third-order valence-corrected chi connectivity index (χ3v) is 3.97. The molecular weight excluding hydrogens is 252 g/mol. The van der Waals surface area contributed by atoms with E-state index in [-0.39, 0.29) is 16.9 Å². The van der Waals surface area contributed by atoms with E-state index in [0.29, 0.717) is 11.7 Å². The topological polar surface area (TPSA) is 62.2 Å². The number of anilines is 1. The molecule has 0 atom stereocenters. The first kappa shape index (κ1) is 16.5. The van der Waals surface area contributed by atoms with Crippen molar-refractivity contribution in [3.8, 4) is 0 Å². The van der Waals surface area contributed by atoms with Crippen LogP contribution >= 0.6 is 0 Å². The first-order valence-electron chi connectivity index (χ1n) is 7.12. The fraction of sp³-hybridized carbons (Fsp3) is 0.625. The zero-order valence-electron chi connectivity index (χ0n) is 13.3. The minimum absolute atomic E-state index is 0.124. The number of pyridine rings is 1. The van der Waals surface area contributed by atoms with Gasteiger partial charge in [-0.1, -0.05) is 41.5 Å². The smallest absolute Gasteiger partial charge is 0.335 e. The summed E-state index contributed by atoms with van der Waals surface area (Å²) >= 11 is 0. The van der Waals surface area contributed by atoms with E-state index in [2.05, 4.69) is 38.0 Å². The predicted molar refractivity (Wildman–Crippen MR) is 82.4 cm³/mol. The molecule has 0 unspecified atom stereocenters. The quantitative estimate of drug-likeness (QED) is 0.825. The molecule has 1 rings (SSSR count). The Morgan fingerprint density at radius 1 is 1.30 bits per heavy atom. The molecule has 0 fully saturated rings. The Bertz CT molecular complexity index is 479. The van der Waals surface area contributed by atoms with Gasteiger partial charge in [-0.3, -0.25) is 0 Å². The summed E-state index contributed by atoms with van der Waals surface area (Å²) in [6.45, 7) is 13.5. The van der Waals surface area contributed by atoms with Gasteiger partial charge < -0.3 is 10.4 Å². The van der Waals surface area contributed by atoms with Gasteiger partial charge in [0.1, 0.15) is 5.82 Å². The van der Waals surface area contributed by atoms with Crippen LogP contribution < -0.4 is 5.32 Å². The van der Waals surface area contributed by atoms with Crippen LogP contribution in [0, 0.1) is 11.3 Å². The number of nitrogens with one attached hydrogen (secondary N) is 1. The highest BCUT2D eigenvalue weighted by atomic mass is 16.4. The Kier molecular flexibility index (Phi) is 5.15. The SMILES string of the molecule is CC(C)c1cc(C(=O)O)cc(NCC(C)(C)C(C)C)n1. The maximum Gasteiger partial charge on any atom is 0.335 e. The van der Waals surface area contributed by atoms with Gasteiger partial charge in [0.05, 0.1) is 5.56 Å². The molecule has 0 aliphatic carbocycles. The largest absolute Gasteiger partial charge is 0.478 e. The summed E-state index contributed by atoms with van der Waals surface area (Å²) in [5, 5.41) is 12.5. The minimum Gasteiger partial charge on any atom is -0.478 e. The van der Waals surface area contributed by atoms with E-state index in [4.69, 9.17) is 0 Å². The molecule has 112 valence electrons. The van der Waals surface area contributed by atoms with E-state index >= 15 is 0 Å². The van der Waals surface area contributed by atoms with Gasteiger partial charge in [-0.2, -0.15) is 0 Å². The summed E-state index contributed by atoms with van der Waals surface area (Å²) in [7, 11) is 0. The second kappa shape index (κ2) is 6.25. The van der Waals surface area contributed by atoms with Crippen LogP contribution in [-0.4, -0.2) is 22.6 Å². The van der Waals surface area contributed by atoms with Gasteiger partial charge in [0.25, 0.3) is 0 Å². The van der Waals surface area contributed by atoms with Crippen LogP contribution in [0.25, 0.3) is 0 Å². The van der Waals surface area contributed by atoms with Crippen molar-refractivity contribution in [1.29, 1.82) is 0 Å². The van der Waals surface area contributed by atoms with Crippen LogP contribution in [0.2, 0.25) is 0 Å². The Morgan fingerprint density at radius 3 is 2.35 bits per heavy atom. The molecule has 1 aromatic heterocycles. The minimum atomic E-state index is -0.916. The molecule has 0 saturated heterocycles. The first-order chi connectivity index (χ1) is 9.13. The van der Waals surface area contributed by atoms with Crippen molar-refractivity contribution in [3.05, 3.63) is 23.4 Å². The second-order valence-corrected chi connectivity index (χ2v) is 6.62. The molecule has 0 aliphatic heterocycles. The number of carboxylic acids is 1. The molecule has 0 amide bonds. The second-order valence-electron chi connectivity index (χ2n) is 6.62. The van der Waals surface area contributed by atoms with Crippen molar-refractivity contribution in [2.45, 2.75) is 47.5 Å². The molecule has 0 radical (unpaired) electrons. The molecule has 2 N–H and O–H groups in total. The highest BCUT2D eigenvalue weighted by Gasteiger charge is 2.22. The molecule has 20 heavy (non-hydrogen) atoms. The highest BCUT2D eigenvalue weighted by molar-refractivity contribution is 5.88. The fourth-order valence-corrected chi connectivity index (χ4v) is 1.58. The number of hydrogen-bond donors (Lipinski definition) is 2. The van der Waals surface area contributed by atoms with E-state index in [1.54, 1.807) is 12.1 Å². The van der Waals surface area contributed by atoms with E-state index in [1.807, 2.05) is 13.8 Å². The molecule has 0 saturated carbocycles. The van der Waals surface area contributed by atoms with Crippen LogP contribution in [-0.2, 0) is 0 Å². The van der Waals surface area contributed by atoms with E-state index in [9.17, 15) is 9.90 Å². The van der Waals surface area contributed by atoms with Crippen LogP contribution in [0.1, 0.15) is 63.5 Å². The van der Waals surface area contributed by atoms with E-state index < -0.39 is 5.97 Å². The Morgan fingerprint density at radius 2 is 1.90 bits per heavy atom. The van der Waals surface area contributed by atoms with Crippen molar-refractivity contribution >= 4 is 11.8 Å². The van der Waals surface area contributed by atoms with Gasteiger partial charge in [-0.25, -0.2) is 9.78 Å². The Balaban J connectivity index is 2.97. The third kappa shape index (κ3) is 4.22. The lowest BCUT2D eigenvalue weighted by atomic mass is 9.81. The van der Waals surface area contributed by atoms with Gasteiger partial charge in [-0.15, -0.1) is 0 Å². The van der Waals surface area contributed by atoms with E-state index in [0.717, 1.165) is 12.2 Å². The number of carboxylic acid groups (broad SMARTS) is 1. The lowest BCUT2D eigenvalue weighted by Gasteiger charge is -2.29. The number of aromatic carboxylic acids is 1. The Hall–Kier alpha value is -1.58. The van der Waals surface area contributed by atoms with Crippen molar-refractivity contribution < 1.29 is 9.90 Å². The monoisotopic (exact) mass is 278 g/mol. The van der Waals surface area contributed by atoms with Crippen molar-refractivity contribution in [3.63, 3.8) is 0 Å². The normalized spacial score (nSPS) is 12.0. The van der Waals surface area contributed by atoms with Crippen LogP contribution in [0.3, 0.4) is 0 Å². The summed E-state index contributed by atoms with van der Waals surface area (Å²) in [6, 6.07) is 3.25. The molecule has 1 aromatic rings. The number of carbonyl (C=O) groups is 1. The predicted octanol–water partition coefficient (Wildman–Crippen LogP) is 4.00. The molecule has 1 heterocycles. The molecule has 0 aliphatic rings. The van der Waals surface area contributed by atoms with Gasteiger partial charge >= 0.3 is 5.97 Å². The maximum atomic E-state index is 11.2. The van der Waals surface area contributed by atoms with Crippen LogP contribution in [0.15, 0.2) is 12.1 Å². The molecule has 4 heteroatoms. The highest BCUT2D eigenvalue weighted by Crippen LogP contribution is 2.26. The molecule has 4 nitrogen and oxygen atoms in total. The lowest BCUT2D eigenvalue weighted by Crippen LogP contribution is -2.29. The number of rotatable bonds is 6. The molecule has 0 spiro atoms. The summed E-state index contributed by atoms with van der Waals surface area (Å²) in [6.07, 6.45) is 0. The summed E-state index contributed by atoms with van der Waals surface area (Å²) < 4.78 is 0. The average molecular weight is 278 g/mol. The summed E-state index contributed by atoms with van der Waals surface area (Å²) in [5.41, 5.74) is 1.21. The number of aromatic nitrogens is 1. The molecular formula is C16H26N2O2. The summed E-state index contributed by atoms with van der Waals surface area (Å²) in [5.74, 6) is 0.456. The number of hydrogen-bond acceptors (Lipinski definition) is 3. The van der Waals surface area contributed by atoms with Gasteiger partial charge in [0, 0.05) is 12.2 Å². The van der Waals surface area contributed by atoms with Gasteiger partial charge in [0.15, 0.2) is 0 Å². The Labute approximate surface area is 121 Å². The van der Waals surface area contributed by atoms with Crippen LogP contribution in [0.4, 0.5) is 5.82 Å². The third-order valence-electron chi connectivity index (χ3n) is 3.97. The van der Waals surface area contributed by atoms with Gasteiger partial charge in [-0.05, 0) is 29.4 Å². The summed E-state index contributed by atoms with van der Waals surface area (Å²) in [4.78, 5) is 15.7. The van der Waals surface area contributed by atoms with Crippen LogP contribution in [0.5, 0.6) is 0 Å². The average Bonchev–Trinajstić information content (AvgIpc) is 2.35. The molecule has 0 bridgehead atoms. The van der Waals surface area contributed by atoms with Crippen molar-refractivity contribution in [1.82, 2.24) is 4.98 Å². The van der Waals surface area contributed by atoms with E-state index in [1.165, 1.54) is 0 Å².